The number of carbonyl (C=O) groups excluding carboxylic acids is 1. The van der Waals surface area contributed by atoms with Crippen molar-refractivity contribution in [1.82, 2.24) is 10.6 Å². The number of hydrogen-bond acceptors (Lipinski definition) is 3. The molecule has 1 rings (SSSR count). The maximum Gasteiger partial charge on any atom is 0.315 e. The van der Waals surface area contributed by atoms with E-state index in [1.165, 1.54) is 0 Å². The van der Waals surface area contributed by atoms with Crippen LogP contribution in [0.4, 0.5) is 4.79 Å². The van der Waals surface area contributed by atoms with Crippen LogP contribution >= 0.6 is 0 Å². The summed E-state index contributed by atoms with van der Waals surface area (Å²) in [6.07, 6.45) is 0.894. The third-order valence-electron chi connectivity index (χ3n) is 1.85. The molecule has 5 heteroatoms. The van der Waals surface area contributed by atoms with E-state index < -0.39 is 0 Å². The molecule has 0 bridgehead atoms. The molecule has 0 radical (unpaired) electrons. The molecule has 2 amide bonds. The van der Waals surface area contributed by atoms with Gasteiger partial charge in [-0.1, -0.05) is 0 Å². The second-order valence-electron chi connectivity index (χ2n) is 3.39. The third kappa shape index (κ3) is 4.10. The second-order valence-corrected chi connectivity index (χ2v) is 3.39. The summed E-state index contributed by atoms with van der Waals surface area (Å²) < 4.78 is 5.12. The van der Waals surface area contributed by atoms with Crippen molar-refractivity contribution in [3.63, 3.8) is 0 Å². The number of nitrogens with two attached hydrogens (primary N) is 1. The van der Waals surface area contributed by atoms with E-state index in [2.05, 4.69) is 10.6 Å². The van der Waals surface area contributed by atoms with Crippen molar-refractivity contribution >= 4 is 6.03 Å². The standard InChI is InChI=1S/C8H17N3O2/c1-6(9)4-10-8(12)11-7-2-3-13-5-7/h6-7H,2-5,9H2,1H3,(H2,10,11,12). The maximum absolute atomic E-state index is 11.2. The van der Waals surface area contributed by atoms with E-state index in [1.807, 2.05) is 6.92 Å². The lowest BCUT2D eigenvalue weighted by molar-refractivity contribution is 0.188. The molecule has 1 fully saturated rings. The van der Waals surface area contributed by atoms with Crippen LogP contribution in [0.3, 0.4) is 0 Å². The smallest absolute Gasteiger partial charge is 0.315 e. The fourth-order valence-corrected chi connectivity index (χ4v) is 1.14. The average Bonchev–Trinajstić information content (AvgIpc) is 2.53. The molecular formula is C8H17N3O2. The summed E-state index contributed by atoms with van der Waals surface area (Å²) in [6, 6.07) is -0.00791. The van der Waals surface area contributed by atoms with Crippen LogP contribution in [0.25, 0.3) is 0 Å². The van der Waals surface area contributed by atoms with Gasteiger partial charge in [0.15, 0.2) is 0 Å². The zero-order chi connectivity index (χ0) is 9.68. The van der Waals surface area contributed by atoms with Crippen molar-refractivity contribution in [2.24, 2.45) is 5.73 Å². The van der Waals surface area contributed by atoms with Crippen molar-refractivity contribution in [2.45, 2.75) is 25.4 Å². The van der Waals surface area contributed by atoms with E-state index >= 15 is 0 Å². The summed E-state index contributed by atoms with van der Waals surface area (Å²) in [5.74, 6) is 0. The Morgan fingerprint density at radius 3 is 3.08 bits per heavy atom. The summed E-state index contributed by atoms with van der Waals surface area (Å²) in [6.45, 7) is 3.70. The summed E-state index contributed by atoms with van der Waals surface area (Å²) >= 11 is 0. The zero-order valence-electron chi connectivity index (χ0n) is 7.88. The number of carbonyl (C=O) groups is 1. The van der Waals surface area contributed by atoms with E-state index in [0.717, 1.165) is 13.0 Å². The molecule has 2 atom stereocenters. The minimum Gasteiger partial charge on any atom is -0.379 e. The van der Waals surface area contributed by atoms with Crippen LogP contribution < -0.4 is 16.4 Å². The Kier molecular flexibility index (Phi) is 3.98. The van der Waals surface area contributed by atoms with Crippen LogP contribution in [0, 0.1) is 0 Å². The minimum absolute atomic E-state index is 0.00872. The van der Waals surface area contributed by atoms with Gasteiger partial charge >= 0.3 is 6.03 Å². The maximum atomic E-state index is 11.2. The highest BCUT2D eigenvalue weighted by Gasteiger charge is 2.17. The Labute approximate surface area is 78.0 Å². The number of amides is 2. The fourth-order valence-electron chi connectivity index (χ4n) is 1.14. The molecule has 0 aromatic heterocycles. The zero-order valence-corrected chi connectivity index (χ0v) is 7.88. The average molecular weight is 187 g/mol. The molecule has 5 nitrogen and oxygen atoms in total. The predicted molar refractivity (Wildman–Crippen MR) is 49.4 cm³/mol. The second kappa shape index (κ2) is 5.04. The molecule has 0 aliphatic carbocycles. The van der Waals surface area contributed by atoms with Gasteiger partial charge in [-0.2, -0.15) is 0 Å². The first kappa shape index (κ1) is 10.3. The number of hydrogen-bond donors (Lipinski definition) is 3. The van der Waals surface area contributed by atoms with Gasteiger partial charge < -0.3 is 21.1 Å². The van der Waals surface area contributed by atoms with E-state index in [4.69, 9.17) is 10.5 Å². The minimum atomic E-state index is -0.159. The quantitative estimate of drug-likeness (QED) is 0.553. The Bertz CT molecular complexity index is 167. The van der Waals surface area contributed by atoms with Crippen LogP contribution in [-0.4, -0.2) is 37.9 Å². The Hall–Kier alpha value is -0.810. The van der Waals surface area contributed by atoms with Crippen LogP contribution in [0.1, 0.15) is 13.3 Å². The van der Waals surface area contributed by atoms with Gasteiger partial charge in [0.1, 0.15) is 0 Å². The Balaban J connectivity index is 2.09. The highest BCUT2D eigenvalue weighted by Crippen LogP contribution is 2.02. The lowest BCUT2D eigenvalue weighted by Crippen LogP contribution is -2.45. The van der Waals surface area contributed by atoms with E-state index in [9.17, 15) is 4.79 Å². The van der Waals surface area contributed by atoms with E-state index in [0.29, 0.717) is 13.2 Å². The van der Waals surface area contributed by atoms with Crippen molar-refractivity contribution in [1.29, 1.82) is 0 Å². The van der Waals surface area contributed by atoms with Crippen LogP contribution in [0.15, 0.2) is 0 Å². The molecule has 13 heavy (non-hydrogen) atoms. The Morgan fingerprint density at radius 2 is 2.54 bits per heavy atom. The molecule has 0 aromatic rings. The fraction of sp³-hybridized carbons (Fsp3) is 0.875. The number of urea groups is 1. The first-order valence-corrected chi connectivity index (χ1v) is 4.56. The van der Waals surface area contributed by atoms with Crippen LogP contribution in [-0.2, 0) is 4.74 Å². The molecular weight excluding hydrogens is 170 g/mol. The Morgan fingerprint density at radius 1 is 1.77 bits per heavy atom. The van der Waals surface area contributed by atoms with Crippen molar-refractivity contribution in [3.05, 3.63) is 0 Å². The first-order valence-electron chi connectivity index (χ1n) is 4.56. The molecule has 76 valence electrons. The van der Waals surface area contributed by atoms with Crippen molar-refractivity contribution in [2.75, 3.05) is 19.8 Å². The number of rotatable bonds is 3. The predicted octanol–water partition coefficient (Wildman–Crippen LogP) is -0.578. The van der Waals surface area contributed by atoms with E-state index in [-0.39, 0.29) is 18.1 Å². The van der Waals surface area contributed by atoms with Gasteiger partial charge in [0.05, 0.1) is 12.6 Å². The molecule has 1 aliphatic heterocycles. The molecule has 1 aliphatic rings. The highest BCUT2D eigenvalue weighted by molar-refractivity contribution is 5.74. The summed E-state index contributed by atoms with van der Waals surface area (Å²) in [5.41, 5.74) is 5.48. The van der Waals surface area contributed by atoms with Crippen molar-refractivity contribution in [3.8, 4) is 0 Å². The molecule has 1 heterocycles. The normalized spacial score (nSPS) is 24.0. The van der Waals surface area contributed by atoms with Crippen LogP contribution in [0.5, 0.6) is 0 Å². The molecule has 0 aromatic carbocycles. The molecule has 0 spiro atoms. The third-order valence-corrected chi connectivity index (χ3v) is 1.85. The van der Waals surface area contributed by atoms with Crippen molar-refractivity contribution < 1.29 is 9.53 Å². The van der Waals surface area contributed by atoms with Gasteiger partial charge in [0.25, 0.3) is 0 Å². The van der Waals surface area contributed by atoms with Gasteiger partial charge in [-0.15, -0.1) is 0 Å². The van der Waals surface area contributed by atoms with E-state index in [1.54, 1.807) is 0 Å². The lowest BCUT2D eigenvalue weighted by Gasteiger charge is -2.12. The van der Waals surface area contributed by atoms with Crippen LogP contribution in [0.2, 0.25) is 0 Å². The van der Waals surface area contributed by atoms with Gasteiger partial charge in [-0.05, 0) is 13.3 Å². The lowest BCUT2D eigenvalue weighted by atomic mass is 10.3. The summed E-state index contributed by atoms with van der Waals surface area (Å²) in [4.78, 5) is 11.2. The molecule has 0 saturated carbocycles. The summed E-state index contributed by atoms with van der Waals surface area (Å²) in [7, 11) is 0. The van der Waals surface area contributed by atoms with Gasteiger partial charge in [-0.25, -0.2) is 4.79 Å². The topological polar surface area (TPSA) is 76.4 Å². The highest BCUT2D eigenvalue weighted by atomic mass is 16.5. The van der Waals surface area contributed by atoms with Gasteiger partial charge in [0.2, 0.25) is 0 Å². The first-order chi connectivity index (χ1) is 6.18. The largest absolute Gasteiger partial charge is 0.379 e. The molecule has 2 unspecified atom stereocenters. The molecule has 1 saturated heterocycles. The molecule has 4 N–H and O–H groups in total. The monoisotopic (exact) mass is 187 g/mol. The number of ether oxygens (including phenoxy) is 1. The number of nitrogens with one attached hydrogen (secondary N) is 2. The van der Waals surface area contributed by atoms with Gasteiger partial charge in [0, 0.05) is 19.2 Å². The summed E-state index contributed by atoms with van der Waals surface area (Å²) in [5, 5.41) is 5.48. The SMILES string of the molecule is CC(N)CNC(=O)NC1CCOC1. The van der Waals surface area contributed by atoms with Gasteiger partial charge in [-0.3, -0.25) is 0 Å².